The quantitative estimate of drug-likeness (QED) is 0.679. The van der Waals surface area contributed by atoms with Gasteiger partial charge in [-0.05, 0) is 62.1 Å². The summed E-state index contributed by atoms with van der Waals surface area (Å²) in [5, 5.41) is 4.47. The Hall–Kier alpha value is -2.62. The van der Waals surface area contributed by atoms with E-state index in [1.807, 2.05) is 49.0 Å². The Balaban J connectivity index is 2.15. The molecule has 0 fully saturated rings. The summed E-state index contributed by atoms with van der Waals surface area (Å²) >= 11 is 0. The van der Waals surface area contributed by atoms with Gasteiger partial charge in [0, 0.05) is 17.2 Å². The van der Waals surface area contributed by atoms with Gasteiger partial charge in [0.05, 0.1) is 18.8 Å². The van der Waals surface area contributed by atoms with Crippen molar-refractivity contribution in [2.45, 2.75) is 33.1 Å². The third-order valence-corrected chi connectivity index (χ3v) is 4.71. The summed E-state index contributed by atoms with van der Waals surface area (Å²) in [6.07, 6.45) is 4.74. The third kappa shape index (κ3) is 2.58. The van der Waals surface area contributed by atoms with Gasteiger partial charge in [-0.2, -0.15) is 5.10 Å². The van der Waals surface area contributed by atoms with Crippen LogP contribution >= 0.6 is 0 Å². The number of aldehydes is 1. The monoisotopic (exact) mass is 322 g/mol. The molecule has 0 bridgehead atoms. The van der Waals surface area contributed by atoms with Gasteiger partial charge < -0.3 is 9.53 Å². The van der Waals surface area contributed by atoms with Crippen molar-refractivity contribution in [2.24, 2.45) is 0 Å². The summed E-state index contributed by atoms with van der Waals surface area (Å²) < 4.78 is 7.32. The second-order valence-electron chi connectivity index (χ2n) is 6.77. The van der Waals surface area contributed by atoms with Crippen LogP contribution in [-0.4, -0.2) is 23.0 Å². The fourth-order valence-electron chi connectivity index (χ4n) is 2.85. The average molecular weight is 322 g/mol. The number of pyridine rings is 1. The van der Waals surface area contributed by atoms with E-state index in [2.05, 4.69) is 25.0 Å². The highest BCUT2D eigenvalue weighted by molar-refractivity contribution is 5.81. The first-order valence-electron chi connectivity index (χ1n) is 7.97. The van der Waals surface area contributed by atoms with Crippen LogP contribution in [0.4, 0.5) is 0 Å². The van der Waals surface area contributed by atoms with Gasteiger partial charge in [-0.1, -0.05) is 12.1 Å². The van der Waals surface area contributed by atoms with Gasteiger partial charge in [0.1, 0.15) is 12.0 Å². The lowest BCUT2D eigenvalue weighted by molar-refractivity contribution is -0.111. The second kappa shape index (κ2) is 5.78. The summed E-state index contributed by atoms with van der Waals surface area (Å²) in [5.74, 6) is 0.878. The van der Waals surface area contributed by atoms with Crippen molar-refractivity contribution < 1.29 is 9.53 Å². The molecular formula is C20H22N2O2. The van der Waals surface area contributed by atoms with Crippen molar-refractivity contribution in [3.05, 3.63) is 53.3 Å². The van der Waals surface area contributed by atoms with Crippen LogP contribution in [-0.2, 0) is 10.2 Å². The van der Waals surface area contributed by atoms with E-state index in [9.17, 15) is 4.79 Å². The summed E-state index contributed by atoms with van der Waals surface area (Å²) in [4.78, 5) is 11.3. The molecule has 0 N–H and O–H groups in total. The number of benzene rings is 1. The number of aryl methyl sites for hydroxylation is 1. The minimum atomic E-state index is -0.524. The summed E-state index contributed by atoms with van der Waals surface area (Å²) in [6, 6.07) is 8.21. The van der Waals surface area contributed by atoms with Crippen LogP contribution in [0.2, 0.25) is 0 Å². The van der Waals surface area contributed by atoms with Gasteiger partial charge in [0.15, 0.2) is 0 Å². The largest absolute Gasteiger partial charge is 0.496 e. The molecule has 24 heavy (non-hydrogen) atoms. The Bertz CT molecular complexity index is 923. The first-order valence-corrected chi connectivity index (χ1v) is 7.97. The molecule has 3 aromatic rings. The van der Waals surface area contributed by atoms with E-state index >= 15 is 0 Å². The standard InChI is InChI=1S/C20H22N2O2/c1-13-8-15(9-19(24-5)14(13)2)17-10-21-22-11-16(6-7-18(17)22)20(3,4)12-23/h6-12H,1-5H3. The fourth-order valence-corrected chi connectivity index (χ4v) is 2.85. The van der Waals surface area contributed by atoms with E-state index in [0.717, 1.165) is 39.8 Å². The number of ether oxygens (including phenoxy) is 1. The lowest BCUT2D eigenvalue weighted by atomic mass is 9.87. The number of carbonyl (C=O) groups excluding carboxylic acids is 1. The van der Waals surface area contributed by atoms with E-state index in [-0.39, 0.29) is 0 Å². The highest BCUT2D eigenvalue weighted by atomic mass is 16.5. The van der Waals surface area contributed by atoms with Gasteiger partial charge in [-0.25, -0.2) is 4.52 Å². The Morgan fingerprint density at radius 1 is 1.21 bits per heavy atom. The molecule has 3 rings (SSSR count). The second-order valence-corrected chi connectivity index (χ2v) is 6.77. The highest BCUT2D eigenvalue weighted by Crippen LogP contribution is 2.32. The molecule has 1 aromatic carbocycles. The van der Waals surface area contributed by atoms with E-state index < -0.39 is 5.41 Å². The first-order chi connectivity index (χ1) is 11.4. The summed E-state index contributed by atoms with van der Waals surface area (Å²) in [5.41, 5.74) is 5.88. The topological polar surface area (TPSA) is 43.6 Å². The minimum absolute atomic E-state index is 0.524. The van der Waals surface area contributed by atoms with Gasteiger partial charge in [-0.15, -0.1) is 0 Å². The van der Waals surface area contributed by atoms with E-state index in [4.69, 9.17) is 4.74 Å². The average Bonchev–Trinajstić information content (AvgIpc) is 3.00. The number of rotatable bonds is 4. The van der Waals surface area contributed by atoms with E-state index in [1.165, 1.54) is 5.56 Å². The van der Waals surface area contributed by atoms with Crippen molar-refractivity contribution in [3.8, 4) is 16.9 Å². The maximum absolute atomic E-state index is 11.3. The lowest BCUT2D eigenvalue weighted by Gasteiger charge is -2.17. The smallest absolute Gasteiger partial charge is 0.130 e. The summed E-state index contributed by atoms with van der Waals surface area (Å²) in [7, 11) is 1.69. The van der Waals surface area contributed by atoms with Gasteiger partial charge in [-0.3, -0.25) is 0 Å². The van der Waals surface area contributed by atoms with Crippen LogP contribution in [0.15, 0.2) is 36.7 Å². The Labute approximate surface area is 142 Å². The van der Waals surface area contributed by atoms with Gasteiger partial charge in [0.2, 0.25) is 0 Å². The Morgan fingerprint density at radius 3 is 2.62 bits per heavy atom. The van der Waals surface area contributed by atoms with Crippen LogP contribution in [0.3, 0.4) is 0 Å². The number of fused-ring (bicyclic) bond motifs is 1. The maximum atomic E-state index is 11.3. The molecule has 0 aliphatic heterocycles. The molecule has 0 amide bonds. The Kier molecular flexibility index (Phi) is 3.91. The molecule has 0 saturated carbocycles. The molecule has 0 unspecified atom stereocenters. The number of aromatic nitrogens is 2. The number of nitrogens with zero attached hydrogens (tertiary/aromatic N) is 2. The van der Waals surface area contributed by atoms with Gasteiger partial charge in [0.25, 0.3) is 0 Å². The van der Waals surface area contributed by atoms with Crippen LogP contribution in [0, 0.1) is 13.8 Å². The van der Waals surface area contributed by atoms with Crippen molar-refractivity contribution in [1.82, 2.24) is 9.61 Å². The number of methoxy groups -OCH3 is 1. The molecule has 4 heteroatoms. The fraction of sp³-hybridized carbons (Fsp3) is 0.300. The van der Waals surface area contributed by atoms with E-state index in [0.29, 0.717) is 0 Å². The first kappa shape index (κ1) is 16.2. The lowest BCUT2D eigenvalue weighted by Crippen LogP contribution is -2.19. The van der Waals surface area contributed by atoms with Crippen molar-refractivity contribution in [1.29, 1.82) is 0 Å². The SMILES string of the molecule is COc1cc(-c2cnn3cc(C(C)(C)C=O)ccc23)cc(C)c1C. The molecule has 124 valence electrons. The van der Waals surface area contributed by atoms with Crippen LogP contribution in [0.25, 0.3) is 16.6 Å². The zero-order valence-electron chi connectivity index (χ0n) is 14.8. The number of carbonyl (C=O) groups is 1. The van der Waals surface area contributed by atoms with Crippen LogP contribution in [0.1, 0.15) is 30.5 Å². The molecule has 0 aliphatic carbocycles. The number of hydrogen-bond donors (Lipinski definition) is 0. The molecule has 0 saturated heterocycles. The van der Waals surface area contributed by atoms with Crippen LogP contribution < -0.4 is 4.74 Å². The molecule has 4 nitrogen and oxygen atoms in total. The molecule has 0 radical (unpaired) electrons. The predicted octanol–water partition coefficient (Wildman–Crippen LogP) is 4.10. The minimum Gasteiger partial charge on any atom is -0.496 e. The molecule has 0 spiro atoms. The normalized spacial score (nSPS) is 11.7. The zero-order chi connectivity index (χ0) is 17.5. The predicted molar refractivity (Wildman–Crippen MR) is 95.7 cm³/mol. The highest BCUT2D eigenvalue weighted by Gasteiger charge is 2.21. The molecule has 2 aromatic heterocycles. The molecule has 0 atom stereocenters. The number of hydrogen-bond acceptors (Lipinski definition) is 3. The van der Waals surface area contributed by atoms with Crippen molar-refractivity contribution in [2.75, 3.05) is 7.11 Å². The third-order valence-electron chi connectivity index (χ3n) is 4.71. The molecule has 0 aliphatic rings. The molecular weight excluding hydrogens is 300 g/mol. The molecule has 2 heterocycles. The van der Waals surface area contributed by atoms with Crippen molar-refractivity contribution in [3.63, 3.8) is 0 Å². The van der Waals surface area contributed by atoms with Crippen molar-refractivity contribution >= 4 is 11.8 Å². The van der Waals surface area contributed by atoms with Crippen LogP contribution in [0.5, 0.6) is 5.75 Å². The maximum Gasteiger partial charge on any atom is 0.130 e. The summed E-state index contributed by atoms with van der Waals surface area (Å²) in [6.45, 7) is 7.94. The zero-order valence-corrected chi connectivity index (χ0v) is 14.8. The van der Waals surface area contributed by atoms with Gasteiger partial charge >= 0.3 is 0 Å². The Morgan fingerprint density at radius 2 is 1.96 bits per heavy atom. The van der Waals surface area contributed by atoms with E-state index in [1.54, 1.807) is 7.11 Å².